The van der Waals surface area contributed by atoms with Crippen molar-refractivity contribution in [2.24, 2.45) is 0 Å². The van der Waals surface area contributed by atoms with E-state index >= 15 is 0 Å². The second-order valence-corrected chi connectivity index (χ2v) is 9.00. The molecule has 0 fully saturated rings. The molecular formula is C30H38BrNO6. The summed E-state index contributed by atoms with van der Waals surface area (Å²) in [6.45, 7) is 10.5. The summed E-state index contributed by atoms with van der Waals surface area (Å²) in [5.41, 5.74) is 0.908. The van der Waals surface area contributed by atoms with Gasteiger partial charge in [0.2, 0.25) is 17.0 Å². The molecule has 0 spiro atoms. The summed E-state index contributed by atoms with van der Waals surface area (Å²) in [6, 6.07) is 7.78. The van der Waals surface area contributed by atoms with Gasteiger partial charge in [-0.1, -0.05) is 27.7 Å². The number of pyridine rings is 2. The zero-order valence-corrected chi connectivity index (χ0v) is 24.5. The van der Waals surface area contributed by atoms with Gasteiger partial charge in [0, 0.05) is 17.5 Å². The van der Waals surface area contributed by atoms with Crippen LogP contribution in [0.1, 0.15) is 53.4 Å². The maximum atomic E-state index is 10.8. The van der Waals surface area contributed by atoms with Crippen molar-refractivity contribution in [2.75, 3.05) is 33.5 Å². The van der Waals surface area contributed by atoms with Crippen LogP contribution in [-0.2, 0) is 0 Å². The first-order chi connectivity index (χ1) is 18.1. The molecule has 8 heteroatoms. The van der Waals surface area contributed by atoms with E-state index in [1.165, 1.54) is 0 Å². The second-order valence-electron chi connectivity index (χ2n) is 9.00. The molecule has 2 aromatic carbocycles. The van der Waals surface area contributed by atoms with Crippen LogP contribution in [0.4, 0.5) is 0 Å². The van der Waals surface area contributed by atoms with Crippen molar-refractivity contribution in [2.45, 2.75) is 53.4 Å². The molecule has 0 saturated carbocycles. The van der Waals surface area contributed by atoms with Gasteiger partial charge >= 0.3 is 0 Å². The summed E-state index contributed by atoms with van der Waals surface area (Å²) in [5.74, 6) is 3.03. The average Bonchev–Trinajstić information content (AvgIpc) is 2.92. The number of aromatic nitrogens is 1. The van der Waals surface area contributed by atoms with Gasteiger partial charge in [-0.15, -0.1) is 0 Å². The zero-order valence-electron chi connectivity index (χ0n) is 22.9. The lowest BCUT2D eigenvalue weighted by Gasteiger charge is -2.22. The number of halogens is 1. The van der Waals surface area contributed by atoms with E-state index in [-0.39, 0.29) is 22.7 Å². The number of ether oxygens (including phenoxy) is 5. The summed E-state index contributed by atoms with van der Waals surface area (Å²) in [7, 11) is 1.55. The number of hydrogen-bond acceptors (Lipinski definition) is 6. The molecule has 0 atom stereocenters. The lowest BCUT2D eigenvalue weighted by Crippen LogP contribution is -3.00. The molecule has 0 aliphatic carbocycles. The number of phenolic OH excluding ortho intramolecular Hbond substituents is 1. The smallest absolute Gasteiger partial charge is 0.223 e. The van der Waals surface area contributed by atoms with E-state index in [1.807, 2.05) is 28.9 Å². The van der Waals surface area contributed by atoms with Gasteiger partial charge in [0.15, 0.2) is 35.4 Å². The Balaban J connectivity index is 0.00000400. The van der Waals surface area contributed by atoms with Crippen molar-refractivity contribution >= 4 is 27.1 Å². The number of nitrogens with zero attached hydrogens (tertiary/aromatic N) is 1. The normalized spacial score (nSPS) is 11.0. The topological polar surface area (TPSA) is 70.5 Å². The molecule has 7 nitrogen and oxygen atoms in total. The predicted octanol–water partition coefficient (Wildman–Crippen LogP) is 3.61. The Kier molecular flexibility index (Phi) is 10.5. The van der Waals surface area contributed by atoms with Crippen molar-refractivity contribution in [3.8, 4) is 34.5 Å². The second kappa shape index (κ2) is 13.6. The van der Waals surface area contributed by atoms with Crippen molar-refractivity contribution in [1.82, 2.24) is 0 Å². The number of aromatic hydroxyl groups is 1. The Morgan fingerprint density at radius 3 is 1.84 bits per heavy atom. The molecule has 4 aromatic rings. The van der Waals surface area contributed by atoms with Crippen molar-refractivity contribution < 1.29 is 50.2 Å². The maximum Gasteiger partial charge on any atom is 0.223 e. The first-order valence-electron chi connectivity index (χ1n) is 13.3. The Bertz CT molecular complexity index is 1390. The molecule has 4 rings (SSSR count). The van der Waals surface area contributed by atoms with E-state index in [2.05, 4.69) is 33.8 Å². The van der Waals surface area contributed by atoms with Crippen LogP contribution >= 0.6 is 0 Å². The number of benzene rings is 2. The Morgan fingerprint density at radius 2 is 1.26 bits per heavy atom. The molecule has 2 aromatic heterocycles. The minimum absolute atomic E-state index is 0. The molecular weight excluding hydrogens is 550 g/mol. The predicted molar refractivity (Wildman–Crippen MR) is 146 cm³/mol. The Labute approximate surface area is 235 Å². The van der Waals surface area contributed by atoms with Crippen LogP contribution < -0.4 is 45.1 Å². The van der Waals surface area contributed by atoms with E-state index in [9.17, 15) is 5.11 Å². The molecule has 0 bridgehead atoms. The van der Waals surface area contributed by atoms with Crippen LogP contribution in [0.2, 0.25) is 0 Å². The van der Waals surface area contributed by atoms with Gasteiger partial charge < -0.3 is 45.8 Å². The summed E-state index contributed by atoms with van der Waals surface area (Å²) in [6.07, 6.45) is 7.29. The molecule has 0 radical (unpaired) electrons. The van der Waals surface area contributed by atoms with Gasteiger partial charge in [-0.3, -0.25) is 0 Å². The van der Waals surface area contributed by atoms with Crippen molar-refractivity contribution in [1.29, 1.82) is 0 Å². The highest BCUT2D eigenvalue weighted by Crippen LogP contribution is 2.52. The third kappa shape index (κ3) is 5.65. The fourth-order valence-corrected chi connectivity index (χ4v) is 4.39. The van der Waals surface area contributed by atoms with E-state index in [0.717, 1.165) is 47.4 Å². The highest BCUT2D eigenvalue weighted by molar-refractivity contribution is 6.07. The summed E-state index contributed by atoms with van der Waals surface area (Å²) in [5, 5.41) is 14.1. The lowest BCUT2D eigenvalue weighted by molar-refractivity contribution is -0.509. The molecule has 1 N–H and O–H groups in total. The quantitative estimate of drug-likeness (QED) is 0.146. The highest BCUT2D eigenvalue weighted by atomic mass is 79.9. The van der Waals surface area contributed by atoms with E-state index in [1.54, 1.807) is 13.2 Å². The number of phenols is 1. The summed E-state index contributed by atoms with van der Waals surface area (Å²) < 4.78 is 32.7. The SMILES string of the molecule is CCCOc1c(OCCC)c(OCCC)c2c(cc[n+]3cc4c(O)c(OC)ccc4cc23)c1OCCC.[Br-]. The number of methoxy groups -OCH3 is 1. The van der Waals surface area contributed by atoms with E-state index < -0.39 is 0 Å². The highest BCUT2D eigenvalue weighted by Gasteiger charge is 2.29. The molecule has 38 heavy (non-hydrogen) atoms. The number of rotatable bonds is 13. The van der Waals surface area contributed by atoms with E-state index in [0.29, 0.717) is 60.6 Å². The van der Waals surface area contributed by atoms with Gasteiger partial charge in [-0.2, -0.15) is 4.40 Å². The van der Waals surface area contributed by atoms with Crippen LogP contribution in [-0.4, -0.2) is 38.6 Å². The fourth-order valence-electron chi connectivity index (χ4n) is 4.39. The molecule has 2 heterocycles. The lowest BCUT2D eigenvalue weighted by atomic mass is 10.0. The van der Waals surface area contributed by atoms with Crippen molar-refractivity contribution in [3.63, 3.8) is 0 Å². The Hall–Kier alpha value is -3.13. The van der Waals surface area contributed by atoms with E-state index in [4.69, 9.17) is 23.7 Å². The van der Waals surface area contributed by atoms with Gasteiger partial charge in [-0.05, 0) is 43.2 Å². The van der Waals surface area contributed by atoms with Crippen LogP contribution in [0.15, 0.2) is 36.7 Å². The third-order valence-electron chi connectivity index (χ3n) is 6.09. The third-order valence-corrected chi connectivity index (χ3v) is 6.09. The van der Waals surface area contributed by atoms with Gasteiger partial charge in [-0.25, -0.2) is 0 Å². The molecule has 0 unspecified atom stereocenters. The summed E-state index contributed by atoms with van der Waals surface area (Å²) in [4.78, 5) is 0. The van der Waals surface area contributed by atoms with Crippen LogP contribution in [0.3, 0.4) is 0 Å². The summed E-state index contributed by atoms with van der Waals surface area (Å²) >= 11 is 0. The minimum Gasteiger partial charge on any atom is -1.00 e. The van der Waals surface area contributed by atoms with Gasteiger partial charge in [0.1, 0.15) is 5.39 Å². The standard InChI is InChI=1S/C30H37NO6.BrH/c1-6-14-34-27-21-12-13-31-19-22-20(10-11-24(33-5)26(22)32)18-23(31)25(21)28(35-15-7-2)30(37-17-9-4)29(27)36-16-8-3;/h10-13,18-19H,6-9,14-17H2,1-5H3;1H. The zero-order chi connectivity index (χ0) is 26.4. The van der Waals surface area contributed by atoms with Gasteiger partial charge in [0.05, 0.1) is 38.9 Å². The molecule has 0 amide bonds. The first-order valence-corrected chi connectivity index (χ1v) is 13.3. The monoisotopic (exact) mass is 587 g/mol. The number of hydrogen-bond donors (Lipinski definition) is 1. The van der Waals surface area contributed by atoms with Crippen LogP contribution in [0.25, 0.3) is 27.1 Å². The van der Waals surface area contributed by atoms with Crippen molar-refractivity contribution in [3.05, 3.63) is 36.7 Å². The van der Waals surface area contributed by atoms with Gasteiger partial charge in [0.25, 0.3) is 0 Å². The molecule has 0 aliphatic heterocycles. The van der Waals surface area contributed by atoms with Crippen LogP contribution in [0.5, 0.6) is 34.5 Å². The minimum atomic E-state index is 0. The fraction of sp³-hybridized carbons (Fsp3) is 0.433. The molecule has 206 valence electrons. The molecule has 0 saturated heterocycles. The average molecular weight is 589 g/mol. The number of fused-ring (bicyclic) bond motifs is 4. The maximum absolute atomic E-state index is 10.8. The molecule has 0 aliphatic rings. The largest absolute Gasteiger partial charge is 1.00 e. The first kappa shape index (κ1) is 29.4. The Morgan fingerprint density at radius 1 is 0.711 bits per heavy atom. The van der Waals surface area contributed by atoms with Crippen LogP contribution in [0, 0.1) is 0 Å².